The first-order valence-corrected chi connectivity index (χ1v) is 15.4. The van der Waals surface area contributed by atoms with E-state index in [0.29, 0.717) is 48.9 Å². The lowest BCUT2D eigenvalue weighted by Gasteiger charge is -2.35. The Morgan fingerprint density at radius 2 is 1.80 bits per heavy atom. The van der Waals surface area contributed by atoms with Crippen LogP contribution in [0.25, 0.3) is 10.9 Å². The number of hydrogen-bond acceptors (Lipinski definition) is 7. The third-order valence-corrected chi connectivity index (χ3v) is 9.26. The second-order valence-corrected chi connectivity index (χ2v) is 12.1. The number of nitriles is 1. The number of carbonyl (C=O) groups is 3. The first-order chi connectivity index (χ1) is 21.3. The zero-order valence-corrected chi connectivity index (χ0v) is 27.8. The number of pyridine rings is 1. The van der Waals surface area contributed by atoms with E-state index < -0.39 is 18.1 Å². The van der Waals surface area contributed by atoms with Crippen LogP contribution < -0.4 is 20.4 Å². The molecule has 2 N–H and O–H groups in total. The van der Waals surface area contributed by atoms with Crippen molar-refractivity contribution < 1.29 is 19.1 Å². The lowest BCUT2D eigenvalue weighted by atomic mass is 9.96. The largest absolute Gasteiger partial charge is 0.381 e. The summed E-state index contributed by atoms with van der Waals surface area (Å²) in [4.78, 5) is 50.4. The van der Waals surface area contributed by atoms with Gasteiger partial charge in [0, 0.05) is 30.7 Å². The highest BCUT2D eigenvalue weighted by Crippen LogP contribution is 2.45. The molecule has 46 heavy (non-hydrogen) atoms. The number of amides is 3. The summed E-state index contributed by atoms with van der Waals surface area (Å²) in [6.45, 7) is 4.71. The van der Waals surface area contributed by atoms with E-state index in [4.69, 9.17) is 9.72 Å². The minimum atomic E-state index is -1.03. The lowest BCUT2D eigenvalue weighted by molar-refractivity contribution is -0.130. The monoisotopic (exact) mass is 666 g/mol. The maximum Gasteiger partial charge on any atom is 0.252 e. The number of ether oxygens (including phenoxy) is 1. The summed E-state index contributed by atoms with van der Waals surface area (Å²) in [6, 6.07) is 12.9. The number of rotatable bonds is 7. The van der Waals surface area contributed by atoms with Gasteiger partial charge in [-0.25, -0.2) is 0 Å². The van der Waals surface area contributed by atoms with E-state index in [1.165, 1.54) is 0 Å². The fraction of sp³-hybridized carbons (Fsp3) is 0.441. The van der Waals surface area contributed by atoms with Crippen molar-refractivity contribution in [3.05, 3.63) is 65.4 Å². The van der Waals surface area contributed by atoms with Gasteiger partial charge in [-0.2, -0.15) is 5.26 Å². The number of nitrogens with one attached hydrogen (secondary N) is 2. The molecule has 3 heterocycles. The van der Waals surface area contributed by atoms with Gasteiger partial charge < -0.3 is 25.2 Å². The molecule has 2 fully saturated rings. The fourth-order valence-corrected chi connectivity index (χ4v) is 6.39. The minimum Gasteiger partial charge on any atom is -0.381 e. The molecule has 3 amide bonds. The highest BCUT2D eigenvalue weighted by molar-refractivity contribution is 6.09. The van der Waals surface area contributed by atoms with Crippen molar-refractivity contribution in [1.29, 1.82) is 5.26 Å². The Morgan fingerprint density at radius 3 is 2.48 bits per heavy atom. The Bertz CT molecular complexity index is 1650. The van der Waals surface area contributed by atoms with Crippen LogP contribution >= 0.6 is 24.8 Å². The molecule has 2 aromatic carbocycles. The predicted octanol–water partition coefficient (Wildman–Crippen LogP) is 4.62. The van der Waals surface area contributed by atoms with Gasteiger partial charge in [0.15, 0.2) is 0 Å². The van der Waals surface area contributed by atoms with E-state index in [2.05, 4.69) is 16.7 Å². The van der Waals surface area contributed by atoms with E-state index in [9.17, 15) is 19.6 Å². The smallest absolute Gasteiger partial charge is 0.252 e. The number of nitrogens with zero attached hydrogens (tertiary/aromatic N) is 4. The Balaban J connectivity index is 0.00000240. The number of para-hydroxylation sites is 1. The van der Waals surface area contributed by atoms with E-state index in [-0.39, 0.29) is 55.0 Å². The Kier molecular flexibility index (Phi) is 11.3. The number of fused-ring (bicyclic) bond motifs is 2. The number of anilines is 2. The zero-order chi connectivity index (χ0) is 31.0. The summed E-state index contributed by atoms with van der Waals surface area (Å²) >= 11 is 0. The van der Waals surface area contributed by atoms with Crippen LogP contribution in [0.1, 0.15) is 62.1 Å². The number of aromatic nitrogens is 1. The first-order valence-electron chi connectivity index (χ1n) is 15.4. The number of benzene rings is 2. The fourth-order valence-electron chi connectivity index (χ4n) is 6.39. The second-order valence-electron chi connectivity index (χ2n) is 12.1. The summed E-state index contributed by atoms with van der Waals surface area (Å²) < 4.78 is 5.53. The SMILES string of the molecule is CN[C@@H](C)C(=O)N[C@@H]1C(=O)N(Cc2c(C3CC3)cnc3ccccc23)c2ccc(C#N)cc2N(C(=O)C2CCOCC2)[C@H]1C.Cl.Cl. The van der Waals surface area contributed by atoms with Gasteiger partial charge in [-0.05, 0) is 87.9 Å². The maximum atomic E-state index is 14.8. The van der Waals surface area contributed by atoms with Crippen LogP contribution in [-0.2, 0) is 25.7 Å². The standard InChI is InChI=1S/C34H38N6O4.2ClH/c1-20(36-3)32(41)38-31-21(2)40(33(42)24-12-14-44-15-13-24)30-16-22(17-35)8-11-29(30)39(34(31)43)19-27-25-6-4-5-7-28(25)37-18-26(27)23-9-10-23;;/h4-8,11,16,18,20-21,23-24,31,36H,9-10,12-15,19H2,1-3H3,(H,38,41);2*1H/t20-,21-,31-;;/m0../s1. The van der Waals surface area contributed by atoms with Crippen molar-refractivity contribution in [3.8, 4) is 6.07 Å². The van der Waals surface area contributed by atoms with Gasteiger partial charge in [0.2, 0.25) is 11.8 Å². The van der Waals surface area contributed by atoms with Gasteiger partial charge in [0.1, 0.15) is 6.04 Å². The molecule has 3 aliphatic rings. The van der Waals surface area contributed by atoms with E-state index in [1.54, 1.807) is 48.9 Å². The van der Waals surface area contributed by atoms with Crippen molar-refractivity contribution in [2.45, 2.75) is 70.1 Å². The van der Waals surface area contributed by atoms with E-state index in [1.807, 2.05) is 30.5 Å². The Hall–Kier alpha value is -3.75. The van der Waals surface area contributed by atoms with Gasteiger partial charge >= 0.3 is 0 Å². The van der Waals surface area contributed by atoms with E-state index >= 15 is 0 Å². The summed E-state index contributed by atoms with van der Waals surface area (Å²) in [5, 5.41) is 16.7. The molecule has 0 radical (unpaired) electrons. The molecule has 1 aliphatic carbocycles. The number of likely N-dealkylation sites (N-methyl/N-ethyl adjacent to an activating group) is 1. The van der Waals surface area contributed by atoms with Gasteiger partial charge in [0.25, 0.3) is 5.91 Å². The maximum absolute atomic E-state index is 14.8. The van der Waals surface area contributed by atoms with Crippen molar-refractivity contribution >= 4 is 64.8 Å². The van der Waals surface area contributed by atoms with Crippen LogP contribution in [0.2, 0.25) is 0 Å². The molecule has 3 atom stereocenters. The van der Waals surface area contributed by atoms with Crippen molar-refractivity contribution in [2.75, 3.05) is 30.1 Å². The molecule has 2 aliphatic heterocycles. The van der Waals surface area contributed by atoms with Gasteiger partial charge in [0.05, 0.1) is 47.2 Å². The topological polar surface area (TPSA) is 128 Å². The third kappa shape index (κ3) is 6.69. The number of halogens is 2. The van der Waals surface area contributed by atoms with E-state index in [0.717, 1.165) is 34.9 Å². The molecule has 1 aromatic heterocycles. The van der Waals surface area contributed by atoms with Crippen molar-refractivity contribution in [2.24, 2.45) is 5.92 Å². The van der Waals surface area contributed by atoms with Crippen LogP contribution in [-0.4, -0.2) is 61.1 Å². The second kappa shape index (κ2) is 14.8. The number of carbonyl (C=O) groups excluding carboxylic acids is 3. The highest BCUT2D eigenvalue weighted by Gasteiger charge is 2.44. The van der Waals surface area contributed by atoms with Crippen LogP contribution in [0.5, 0.6) is 0 Å². The number of hydrogen-bond donors (Lipinski definition) is 2. The van der Waals surface area contributed by atoms with Crippen LogP contribution in [0.15, 0.2) is 48.7 Å². The first kappa shape index (κ1) is 35.1. The summed E-state index contributed by atoms with van der Waals surface area (Å²) in [6.07, 6.45) is 5.18. The van der Waals surface area contributed by atoms with Gasteiger partial charge in [-0.15, -0.1) is 24.8 Å². The third-order valence-electron chi connectivity index (χ3n) is 9.26. The molecule has 3 aromatic rings. The van der Waals surface area contributed by atoms with Crippen molar-refractivity contribution in [1.82, 2.24) is 15.6 Å². The van der Waals surface area contributed by atoms with Gasteiger partial charge in [-0.1, -0.05) is 18.2 Å². The lowest BCUT2D eigenvalue weighted by Crippen LogP contribution is -2.60. The summed E-state index contributed by atoms with van der Waals surface area (Å²) in [5.74, 6) is -0.717. The van der Waals surface area contributed by atoms with Crippen LogP contribution in [0, 0.1) is 17.2 Å². The summed E-state index contributed by atoms with van der Waals surface area (Å²) in [7, 11) is 1.68. The molecule has 12 heteroatoms. The predicted molar refractivity (Wildman–Crippen MR) is 182 cm³/mol. The molecule has 10 nitrogen and oxygen atoms in total. The zero-order valence-electron chi connectivity index (χ0n) is 26.2. The quantitative estimate of drug-likeness (QED) is 0.377. The Morgan fingerprint density at radius 1 is 1.09 bits per heavy atom. The normalized spacial score (nSPS) is 20.4. The molecule has 6 rings (SSSR count). The molecule has 0 spiro atoms. The molecular weight excluding hydrogens is 627 g/mol. The molecular formula is C34H40Cl2N6O4. The van der Waals surface area contributed by atoms with Crippen LogP contribution in [0.4, 0.5) is 11.4 Å². The highest BCUT2D eigenvalue weighted by atomic mass is 35.5. The molecule has 1 saturated heterocycles. The molecule has 0 unspecified atom stereocenters. The van der Waals surface area contributed by atoms with Gasteiger partial charge in [-0.3, -0.25) is 19.4 Å². The molecule has 244 valence electrons. The molecule has 1 saturated carbocycles. The average Bonchev–Trinajstić information content (AvgIpc) is 3.91. The average molecular weight is 668 g/mol. The minimum absolute atomic E-state index is 0. The van der Waals surface area contributed by atoms with Crippen molar-refractivity contribution in [3.63, 3.8) is 0 Å². The molecule has 0 bridgehead atoms. The Labute approximate surface area is 281 Å². The van der Waals surface area contributed by atoms with Crippen LogP contribution in [0.3, 0.4) is 0 Å². The summed E-state index contributed by atoms with van der Waals surface area (Å²) in [5.41, 5.74) is 4.36.